The lowest BCUT2D eigenvalue weighted by atomic mass is 9.84. The van der Waals surface area contributed by atoms with Crippen LogP contribution < -0.4 is 0 Å². The lowest BCUT2D eigenvalue weighted by molar-refractivity contribution is -0.141. The van der Waals surface area contributed by atoms with E-state index in [0.29, 0.717) is 25.7 Å². The summed E-state index contributed by atoms with van der Waals surface area (Å²) in [6.07, 6.45) is 1.49. The van der Waals surface area contributed by atoms with Crippen molar-refractivity contribution in [3.05, 3.63) is 0 Å². The van der Waals surface area contributed by atoms with Gasteiger partial charge in [0.15, 0.2) is 0 Å². The highest BCUT2D eigenvalue weighted by Gasteiger charge is 2.49. The highest BCUT2D eigenvalue weighted by Crippen LogP contribution is 2.43. The minimum absolute atomic E-state index is 0.0413. The Morgan fingerprint density at radius 2 is 2.33 bits per heavy atom. The number of rotatable bonds is 3. The van der Waals surface area contributed by atoms with Crippen molar-refractivity contribution in [3.8, 4) is 0 Å². The van der Waals surface area contributed by atoms with Gasteiger partial charge in [0.25, 0.3) is 0 Å². The van der Waals surface area contributed by atoms with Gasteiger partial charge in [0.1, 0.15) is 14.0 Å². The Morgan fingerprint density at radius 3 is 3.00 bits per heavy atom. The number of esters is 1. The largest absolute Gasteiger partial charge is 0.462 e. The summed E-state index contributed by atoms with van der Waals surface area (Å²) in [5.41, 5.74) is 0. The molecule has 2 rings (SSSR count). The zero-order valence-corrected chi connectivity index (χ0v) is 8.50. The molecule has 2 N–H and O–H groups in total. The number of fused-ring (bicyclic) bond motifs is 1. The van der Waals surface area contributed by atoms with Crippen LogP contribution in [0.15, 0.2) is 0 Å². The van der Waals surface area contributed by atoms with E-state index in [2.05, 4.69) is 0 Å². The van der Waals surface area contributed by atoms with Crippen molar-refractivity contribution in [1.82, 2.24) is 0 Å². The predicted molar refractivity (Wildman–Crippen MR) is 53.1 cm³/mol. The van der Waals surface area contributed by atoms with E-state index < -0.39 is 12.1 Å². The summed E-state index contributed by atoms with van der Waals surface area (Å²) in [6, 6.07) is -0.839. The van der Waals surface area contributed by atoms with Gasteiger partial charge in [-0.05, 0) is 18.8 Å². The first kappa shape index (κ1) is 11.0. The van der Waals surface area contributed by atoms with Gasteiger partial charge in [-0.2, -0.15) is 0 Å². The van der Waals surface area contributed by atoms with Gasteiger partial charge < -0.3 is 14.9 Å². The van der Waals surface area contributed by atoms with Gasteiger partial charge in [-0.15, -0.1) is 0 Å². The third-order valence-electron chi connectivity index (χ3n) is 3.48. The first-order valence-corrected chi connectivity index (χ1v) is 5.39. The van der Waals surface area contributed by atoms with Crippen molar-refractivity contribution in [1.29, 1.82) is 0 Å². The van der Waals surface area contributed by atoms with Crippen molar-refractivity contribution in [2.45, 2.75) is 43.9 Å². The molecule has 0 aromatic rings. The molecule has 1 aliphatic heterocycles. The molecule has 4 nitrogen and oxygen atoms in total. The Hall–Kier alpha value is -0.545. The Bertz CT molecular complexity index is 256. The summed E-state index contributed by atoms with van der Waals surface area (Å²) in [6.45, 7) is 0. The normalized spacial score (nSPS) is 41.3. The number of ether oxygens (including phenoxy) is 1. The molecule has 5 heteroatoms. The van der Waals surface area contributed by atoms with Crippen LogP contribution in [0.3, 0.4) is 0 Å². The molecule has 1 saturated carbocycles. The molecule has 0 spiro atoms. The van der Waals surface area contributed by atoms with Crippen LogP contribution >= 0.6 is 0 Å². The molecule has 0 unspecified atom stereocenters. The fraction of sp³-hybridized carbons (Fsp3) is 0.900. The second-order valence-corrected chi connectivity index (χ2v) is 4.51. The summed E-state index contributed by atoms with van der Waals surface area (Å²) in [5, 5.41) is 18.8. The summed E-state index contributed by atoms with van der Waals surface area (Å²) >= 11 is 0. The molecule has 1 heterocycles. The average Bonchev–Trinajstić information content (AvgIpc) is 2.57. The average molecular weight is 210 g/mol. The molecular weight excluding hydrogens is 195 g/mol. The highest BCUT2D eigenvalue weighted by molar-refractivity contribution is 6.10. The SMILES string of the molecule is [B][C@@H](O)CC[C@@H]1[C@H]2CC(=O)O[C@H]2C[C@H]1O. The lowest BCUT2D eigenvalue weighted by Gasteiger charge is -2.19. The monoisotopic (exact) mass is 210 g/mol. The van der Waals surface area contributed by atoms with Crippen LogP contribution in [0, 0.1) is 11.8 Å². The maximum Gasteiger partial charge on any atom is 0.306 e. The smallest absolute Gasteiger partial charge is 0.306 e. The molecule has 0 aromatic heterocycles. The molecule has 0 amide bonds. The number of aliphatic hydroxyl groups is 2. The second kappa shape index (κ2) is 4.14. The van der Waals surface area contributed by atoms with Crippen molar-refractivity contribution < 1.29 is 19.7 Å². The third-order valence-corrected chi connectivity index (χ3v) is 3.48. The molecule has 2 fully saturated rings. The van der Waals surface area contributed by atoms with E-state index >= 15 is 0 Å². The molecule has 5 atom stereocenters. The van der Waals surface area contributed by atoms with Crippen molar-refractivity contribution in [2.75, 3.05) is 0 Å². The van der Waals surface area contributed by atoms with E-state index in [4.69, 9.17) is 17.7 Å². The Labute approximate surface area is 90.0 Å². The van der Waals surface area contributed by atoms with E-state index in [0.717, 1.165) is 0 Å². The minimum atomic E-state index is -0.839. The summed E-state index contributed by atoms with van der Waals surface area (Å²) < 4.78 is 5.10. The second-order valence-electron chi connectivity index (χ2n) is 4.51. The van der Waals surface area contributed by atoms with Gasteiger partial charge in [-0.25, -0.2) is 0 Å². The van der Waals surface area contributed by atoms with E-state index in [9.17, 15) is 9.90 Å². The molecule has 2 aliphatic rings. The van der Waals surface area contributed by atoms with Crippen LogP contribution in [0.4, 0.5) is 0 Å². The lowest BCUT2D eigenvalue weighted by Crippen LogP contribution is -2.22. The molecular formula is C10H15BO4. The number of aliphatic hydroxyl groups excluding tert-OH is 2. The zero-order chi connectivity index (χ0) is 11.0. The summed E-state index contributed by atoms with van der Waals surface area (Å²) in [5.74, 6) is -0.0129. The Morgan fingerprint density at radius 1 is 1.60 bits per heavy atom. The van der Waals surface area contributed by atoms with Crippen LogP contribution in [-0.2, 0) is 9.53 Å². The molecule has 15 heavy (non-hydrogen) atoms. The Kier molecular flexibility index (Phi) is 3.02. The van der Waals surface area contributed by atoms with Crippen molar-refractivity contribution in [3.63, 3.8) is 0 Å². The quantitative estimate of drug-likeness (QED) is 0.489. The molecule has 1 aliphatic carbocycles. The van der Waals surface area contributed by atoms with Crippen molar-refractivity contribution in [2.24, 2.45) is 11.8 Å². The van der Waals surface area contributed by atoms with Gasteiger partial charge in [-0.3, -0.25) is 4.79 Å². The molecule has 0 aromatic carbocycles. The molecule has 82 valence electrons. The predicted octanol–water partition coefficient (Wildman–Crippen LogP) is -0.434. The topological polar surface area (TPSA) is 66.8 Å². The highest BCUT2D eigenvalue weighted by atomic mass is 16.6. The van der Waals surface area contributed by atoms with Crippen LogP contribution in [0.5, 0.6) is 0 Å². The summed E-state index contributed by atoms with van der Waals surface area (Å²) in [7, 11) is 5.26. The van der Waals surface area contributed by atoms with Crippen LogP contribution in [-0.4, -0.2) is 42.2 Å². The number of hydrogen-bond acceptors (Lipinski definition) is 4. The Balaban J connectivity index is 1.94. The third kappa shape index (κ3) is 2.18. The van der Waals surface area contributed by atoms with Crippen LogP contribution in [0.2, 0.25) is 0 Å². The zero-order valence-electron chi connectivity index (χ0n) is 8.50. The number of carbonyl (C=O) groups excluding carboxylic acids is 1. The number of hydrogen-bond donors (Lipinski definition) is 2. The maximum absolute atomic E-state index is 11.1. The standard InChI is InChI=1S/C10H15BO4/c11-9(13)2-1-5-6-3-10(14)15-8(6)4-7(5)12/h5-9,12-13H,1-4H2/t5-,6-,7-,8+,9+/m1/s1. The van der Waals surface area contributed by atoms with E-state index in [1.165, 1.54) is 0 Å². The van der Waals surface area contributed by atoms with Gasteiger partial charge in [0.2, 0.25) is 0 Å². The van der Waals surface area contributed by atoms with E-state index in [1.807, 2.05) is 0 Å². The minimum Gasteiger partial charge on any atom is -0.462 e. The van der Waals surface area contributed by atoms with Gasteiger partial charge in [-0.1, -0.05) is 0 Å². The number of carbonyl (C=O) groups is 1. The molecule has 2 radical (unpaired) electrons. The van der Waals surface area contributed by atoms with Crippen LogP contribution in [0.25, 0.3) is 0 Å². The first-order chi connectivity index (χ1) is 7.08. The van der Waals surface area contributed by atoms with E-state index in [-0.39, 0.29) is 23.9 Å². The fourth-order valence-corrected chi connectivity index (χ4v) is 2.75. The summed E-state index contributed by atoms with van der Waals surface area (Å²) in [4.78, 5) is 11.1. The van der Waals surface area contributed by atoms with Gasteiger partial charge in [0, 0.05) is 18.3 Å². The van der Waals surface area contributed by atoms with Gasteiger partial charge >= 0.3 is 5.97 Å². The molecule has 0 bridgehead atoms. The van der Waals surface area contributed by atoms with E-state index in [1.54, 1.807) is 0 Å². The first-order valence-electron chi connectivity index (χ1n) is 5.39. The van der Waals surface area contributed by atoms with Gasteiger partial charge in [0.05, 0.1) is 12.5 Å². The van der Waals surface area contributed by atoms with Crippen molar-refractivity contribution >= 4 is 13.8 Å². The fourth-order valence-electron chi connectivity index (χ4n) is 2.75. The maximum atomic E-state index is 11.1. The molecule has 1 saturated heterocycles. The van der Waals surface area contributed by atoms with Crippen LogP contribution in [0.1, 0.15) is 25.7 Å².